The fourth-order valence-electron chi connectivity index (χ4n) is 3.52. The van der Waals surface area contributed by atoms with Crippen LogP contribution in [0.5, 0.6) is 0 Å². The van der Waals surface area contributed by atoms with Gasteiger partial charge in [0, 0.05) is 11.7 Å². The SMILES string of the molecule is CN(CC(=O)Nc1ccc(CC#N)cc1)C1CCCc2ccccc21. The third kappa shape index (κ3) is 4.26. The van der Waals surface area contributed by atoms with Crippen LogP contribution >= 0.6 is 0 Å². The van der Waals surface area contributed by atoms with Gasteiger partial charge in [0.1, 0.15) is 0 Å². The number of benzene rings is 2. The molecule has 2 aromatic rings. The number of carbonyl (C=O) groups excluding carboxylic acids is 1. The molecule has 25 heavy (non-hydrogen) atoms. The molecule has 0 aromatic heterocycles. The van der Waals surface area contributed by atoms with Crippen molar-refractivity contribution in [2.24, 2.45) is 0 Å². The van der Waals surface area contributed by atoms with Crippen molar-refractivity contribution >= 4 is 11.6 Å². The van der Waals surface area contributed by atoms with Crippen molar-refractivity contribution in [3.8, 4) is 6.07 Å². The summed E-state index contributed by atoms with van der Waals surface area (Å²) in [7, 11) is 2.02. The lowest BCUT2D eigenvalue weighted by Gasteiger charge is -2.32. The Labute approximate surface area is 149 Å². The van der Waals surface area contributed by atoms with Gasteiger partial charge in [-0.25, -0.2) is 0 Å². The minimum atomic E-state index is -0.0152. The summed E-state index contributed by atoms with van der Waals surface area (Å²) >= 11 is 0. The molecule has 0 heterocycles. The zero-order valence-electron chi connectivity index (χ0n) is 14.5. The lowest BCUT2D eigenvalue weighted by molar-refractivity contribution is -0.117. The number of anilines is 1. The summed E-state index contributed by atoms with van der Waals surface area (Å²) < 4.78 is 0. The van der Waals surface area contributed by atoms with E-state index in [9.17, 15) is 4.79 Å². The second-order valence-electron chi connectivity index (χ2n) is 6.60. The number of hydrogen-bond donors (Lipinski definition) is 1. The molecule has 1 unspecified atom stereocenters. The number of nitrogens with one attached hydrogen (secondary N) is 1. The lowest BCUT2D eigenvalue weighted by atomic mass is 9.87. The molecule has 128 valence electrons. The van der Waals surface area contributed by atoms with Crippen molar-refractivity contribution in [1.29, 1.82) is 5.26 Å². The summed E-state index contributed by atoms with van der Waals surface area (Å²) in [5.41, 5.74) is 4.48. The molecular weight excluding hydrogens is 310 g/mol. The highest BCUT2D eigenvalue weighted by molar-refractivity contribution is 5.92. The molecule has 1 N–H and O–H groups in total. The molecule has 0 saturated carbocycles. The fourth-order valence-corrected chi connectivity index (χ4v) is 3.52. The van der Waals surface area contributed by atoms with Crippen LogP contribution in [0.3, 0.4) is 0 Å². The summed E-state index contributed by atoms with van der Waals surface area (Å²) in [4.78, 5) is 14.5. The van der Waals surface area contributed by atoms with E-state index >= 15 is 0 Å². The highest BCUT2D eigenvalue weighted by atomic mass is 16.2. The Hall–Kier alpha value is -2.64. The summed E-state index contributed by atoms with van der Waals surface area (Å²) in [5.74, 6) is -0.0152. The number of aryl methyl sites for hydroxylation is 1. The predicted octanol–water partition coefficient (Wildman–Crippen LogP) is 3.70. The molecule has 1 atom stereocenters. The van der Waals surface area contributed by atoms with Crippen LogP contribution in [0, 0.1) is 11.3 Å². The zero-order chi connectivity index (χ0) is 17.6. The monoisotopic (exact) mass is 333 g/mol. The van der Waals surface area contributed by atoms with E-state index in [1.54, 1.807) is 0 Å². The van der Waals surface area contributed by atoms with Crippen LogP contribution in [-0.4, -0.2) is 24.4 Å². The topological polar surface area (TPSA) is 56.1 Å². The molecule has 1 aliphatic carbocycles. The van der Waals surface area contributed by atoms with Gasteiger partial charge in [-0.2, -0.15) is 5.26 Å². The third-order valence-corrected chi connectivity index (χ3v) is 4.78. The molecule has 0 radical (unpaired) electrons. The molecule has 4 heteroatoms. The lowest BCUT2D eigenvalue weighted by Crippen LogP contribution is -2.34. The number of carbonyl (C=O) groups is 1. The average Bonchev–Trinajstić information content (AvgIpc) is 2.63. The van der Waals surface area contributed by atoms with E-state index in [1.807, 2.05) is 31.3 Å². The first kappa shape index (κ1) is 17.2. The van der Waals surface area contributed by atoms with Crippen molar-refractivity contribution in [3.05, 3.63) is 65.2 Å². The van der Waals surface area contributed by atoms with E-state index in [-0.39, 0.29) is 5.91 Å². The Morgan fingerprint density at radius 3 is 2.76 bits per heavy atom. The van der Waals surface area contributed by atoms with Gasteiger partial charge in [0.2, 0.25) is 5.91 Å². The van der Waals surface area contributed by atoms with Crippen LogP contribution in [-0.2, 0) is 17.6 Å². The molecule has 0 fully saturated rings. The highest BCUT2D eigenvalue weighted by Crippen LogP contribution is 2.33. The second kappa shape index (κ2) is 7.96. The van der Waals surface area contributed by atoms with Gasteiger partial charge >= 0.3 is 0 Å². The number of fused-ring (bicyclic) bond motifs is 1. The van der Waals surface area contributed by atoms with E-state index in [0.717, 1.165) is 30.5 Å². The van der Waals surface area contributed by atoms with Crippen LogP contribution in [0.15, 0.2) is 48.5 Å². The highest BCUT2D eigenvalue weighted by Gasteiger charge is 2.24. The zero-order valence-corrected chi connectivity index (χ0v) is 14.5. The Kier molecular flexibility index (Phi) is 5.47. The Bertz CT molecular complexity index is 776. The normalized spacial score (nSPS) is 16.1. The van der Waals surface area contributed by atoms with Crippen molar-refractivity contribution in [2.75, 3.05) is 18.9 Å². The summed E-state index contributed by atoms with van der Waals surface area (Å²) in [6, 6.07) is 18.4. The van der Waals surface area contributed by atoms with Gasteiger partial charge in [-0.05, 0) is 55.1 Å². The molecule has 0 saturated heterocycles. The van der Waals surface area contributed by atoms with Crippen LogP contribution in [0.25, 0.3) is 0 Å². The maximum Gasteiger partial charge on any atom is 0.238 e. The van der Waals surface area contributed by atoms with Gasteiger partial charge in [-0.1, -0.05) is 36.4 Å². The van der Waals surface area contributed by atoms with Gasteiger partial charge in [-0.3, -0.25) is 9.69 Å². The molecule has 1 amide bonds. The Balaban J connectivity index is 1.60. The average molecular weight is 333 g/mol. The smallest absolute Gasteiger partial charge is 0.238 e. The second-order valence-corrected chi connectivity index (χ2v) is 6.60. The number of likely N-dealkylation sites (N-methyl/N-ethyl adjacent to an activating group) is 1. The standard InChI is InChI=1S/C21H23N3O/c1-24(20-8-4-6-17-5-2-3-7-19(17)20)15-21(25)23-18-11-9-16(10-12-18)13-14-22/h2-3,5,7,9-12,20H,4,6,8,13,15H2,1H3,(H,23,25). The van der Waals surface area contributed by atoms with Crippen LogP contribution in [0.2, 0.25) is 0 Å². The van der Waals surface area contributed by atoms with E-state index in [0.29, 0.717) is 19.0 Å². The van der Waals surface area contributed by atoms with Gasteiger partial charge in [-0.15, -0.1) is 0 Å². The largest absolute Gasteiger partial charge is 0.325 e. The van der Waals surface area contributed by atoms with E-state index in [4.69, 9.17) is 5.26 Å². The molecule has 0 spiro atoms. The van der Waals surface area contributed by atoms with Gasteiger partial charge in [0.25, 0.3) is 0 Å². The first-order valence-electron chi connectivity index (χ1n) is 8.71. The summed E-state index contributed by atoms with van der Waals surface area (Å²) in [6.07, 6.45) is 3.76. The molecule has 4 nitrogen and oxygen atoms in total. The number of hydrogen-bond acceptors (Lipinski definition) is 3. The molecule has 3 rings (SSSR count). The number of nitrogens with zero attached hydrogens (tertiary/aromatic N) is 2. The quantitative estimate of drug-likeness (QED) is 0.907. The van der Waals surface area contributed by atoms with Crippen molar-refractivity contribution in [2.45, 2.75) is 31.7 Å². The number of rotatable bonds is 5. The van der Waals surface area contributed by atoms with Crippen molar-refractivity contribution < 1.29 is 4.79 Å². The van der Waals surface area contributed by atoms with Gasteiger partial charge in [0.05, 0.1) is 19.0 Å². The molecule has 1 aliphatic rings. The minimum absolute atomic E-state index is 0.0152. The van der Waals surface area contributed by atoms with E-state index < -0.39 is 0 Å². The van der Waals surface area contributed by atoms with Crippen molar-refractivity contribution in [3.63, 3.8) is 0 Å². The first-order valence-corrected chi connectivity index (χ1v) is 8.71. The van der Waals surface area contributed by atoms with Gasteiger partial charge < -0.3 is 5.32 Å². The number of amides is 1. The minimum Gasteiger partial charge on any atom is -0.325 e. The fraction of sp³-hybridized carbons (Fsp3) is 0.333. The Morgan fingerprint density at radius 1 is 1.24 bits per heavy atom. The molecular formula is C21H23N3O. The van der Waals surface area contributed by atoms with Crippen LogP contribution < -0.4 is 5.32 Å². The molecule has 0 bridgehead atoms. The third-order valence-electron chi connectivity index (χ3n) is 4.78. The molecule has 2 aromatic carbocycles. The maximum absolute atomic E-state index is 12.4. The Morgan fingerprint density at radius 2 is 2.00 bits per heavy atom. The van der Waals surface area contributed by atoms with Gasteiger partial charge in [0.15, 0.2) is 0 Å². The summed E-state index contributed by atoms with van der Waals surface area (Å²) in [6.45, 7) is 0.360. The van der Waals surface area contributed by atoms with Crippen molar-refractivity contribution in [1.82, 2.24) is 4.90 Å². The first-order chi connectivity index (χ1) is 12.2. The van der Waals surface area contributed by atoms with Crippen LogP contribution in [0.1, 0.15) is 35.6 Å². The van der Waals surface area contributed by atoms with E-state index in [2.05, 4.69) is 40.6 Å². The summed E-state index contributed by atoms with van der Waals surface area (Å²) in [5, 5.41) is 11.6. The van der Waals surface area contributed by atoms with E-state index in [1.165, 1.54) is 11.1 Å². The predicted molar refractivity (Wildman–Crippen MR) is 99.1 cm³/mol. The number of nitriles is 1. The maximum atomic E-state index is 12.4. The van der Waals surface area contributed by atoms with Crippen LogP contribution in [0.4, 0.5) is 5.69 Å². The molecule has 0 aliphatic heterocycles.